The number of carboxylic acids is 2. The van der Waals surface area contributed by atoms with Crippen LogP contribution in [-0.4, -0.2) is 32.4 Å². The molecule has 0 fully saturated rings. The van der Waals surface area contributed by atoms with E-state index in [9.17, 15) is 30.0 Å². The van der Waals surface area contributed by atoms with Crippen LogP contribution in [0.2, 0.25) is 0 Å². The molecule has 6 heteroatoms. The van der Waals surface area contributed by atoms with Crippen LogP contribution in [0, 0.1) is 5.41 Å². The van der Waals surface area contributed by atoms with E-state index in [4.69, 9.17) is 0 Å². The zero-order valence-electron chi connectivity index (χ0n) is 12.1. The van der Waals surface area contributed by atoms with E-state index < -0.39 is 30.2 Å². The largest absolute Gasteiger partial charge is 0.508 e. The Hall–Kier alpha value is -3.02. The fourth-order valence-corrected chi connectivity index (χ4v) is 2.43. The standard InChI is InChI=1S/C17H16O6/c18-13-7-3-1-5-11(13)9-17(15(20)21,16(22)23)10-12-6-2-4-8-14(12)19/h1-8,18-19H,9-10H2,(H,20,21)(H,22,23). The first kappa shape index (κ1) is 16.4. The number of phenolic OH excluding ortho intramolecular Hbond substituents is 2. The molecule has 120 valence electrons. The molecule has 0 radical (unpaired) electrons. The van der Waals surface area contributed by atoms with Crippen LogP contribution in [0.3, 0.4) is 0 Å². The molecule has 0 aromatic heterocycles. The molecule has 2 aromatic carbocycles. The lowest BCUT2D eigenvalue weighted by molar-refractivity contribution is -0.164. The summed E-state index contributed by atoms with van der Waals surface area (Å²) in [5.74, 6) is -3.40. The number of para-hydroxylation sites is 2. The van der Waals surface area contributed by atoms with Crippen LogP contribution in [0.15, 0.2) is 48.5 Å². The molecular formula is C17H16O6. The van der Waals surface area contributed by atoms with Crippen molar-refractivity contribution in [3.63, 3.8) is 0 Å². The van der Waals surface area contributed by atoms with Crippen molar-refractivity contribution in [3.05, 3.63) is 59.7 Å². The lowest BCUT2D eigenvalue weighted by Crippen LogP contribution is -2.43. The van der Waals surface area contributed by atoms with Gasteiger partial charge in [0.25, 0.3) is 0 Å². The van der Waals surface area contributed by atoms with Gasteiger partial charge in [-0.1, -0.05) is 36.4 Å². The van der Waals surface area contributed by atoms with Gasteiger partial charge in [-0.05, 0) is 23.3 Å². The van der Waals surface area contributed by atoms with Gasteiger partial charge in [0, 0.05) is 12.8 Å². The third-order valence-corrected chi connectivity index (χ3v) is 3.79. The van der Waals surface area contributed by atoms with E-state index in [2.05, 4.69) is 0 Å². The highest BCUT2D eigenvalue weighted by molar-refractivity contribution is 5.99. The molecule has 6 nitrogen and oxygen atoms in total. The molecule has 0 saturated heterocycles. The summed E-state index contributed by atoms with van der Waals surface area (Å²) in [5.41, 5.74) is -1.77. The average Bonchev–Trinajstić information content (AvgIpc) is 2.50. The van der Waals surface area contributed by atoms with E-state index in [1.165, 1.54) is 24.3 Å². The number of rotatable bonds is 6. The van der Waals surface area contributed by atoms with Crippen LogP contribution in [0.5, 0.6) is 11.5 Å². The van der Waals surface area contributed by atoms with Gasteiger partial charge in [0.1, 0.15) is 11.5 Å². The first-order valence-electron chi connectivity index (χ1n) is 6.87. The number of hydrogen-bond donors (Lipinski definition) is 4. The number of aromatic hydroxyl groups is 2. The maximum Gasteiger partial charge on any atom is 0.321 e. The highest BCUT2D eigenvalue weighted by Crippen LogP contribution is 2.34. The van der Waals surface area contributed by atoms with Gasteiger partial charge in [0.05, 0.1) is 0 Å². The fourth-order valence-electron chi connectivity index (χ4n) is 2.43. The molecule has 0 amide bonds. The van der Waals surface area contributed by atoms with Crippen LogP contribution >= 0.6 is 0 Å². The van der Waals surface area contributed by atoms with E-state index in [0.29, 0.717) is 0 Å². The fraction of sp³-hybridized carbons (Fsp3) is 0.176. The number of benzene rings is 2. The van der Waals surface area contributed by atoms with Gasteiger partial charge >= 0.3 is 11.9 Å². The second-order valence-electron chi connectivity index (χ2n) is 5.30. The molecule has 0 saturated carbocycles. The SMILES string of the molecule is O=C(O)C(Cc1ccccc1O)(Cc1ccccc1O)C(=O)O. The number of hydrogen-bond acceptors (Lipinski definition) is 4. The lowest BCUT2D eigenvalue weighted by Gasteiger charge is -2.25. The van der Waals surface area contributed by atoms with Gasteiger partial charge in [0.15, 0.2) is 5.41 Å². The zero-order chi connectivity index (χ0) is 17.0. The van der Waals surface area contributed by atoms with Crippen molar-refractivity contribution in [1.29, 1.82) is 0 Å². The molecule has 2 rings (SSSR count). The highest BCUT2D eigenvalue weighted by atomic mass is 16.4. The van der Waals surface area contributed by atoms with Crippen molar-refractivity contribution >= 4 is 11.9 Å². The van der Waals surface area contributed by atoms with Gasteiger partial charge in [-0.2, -0.15) is 0 Å². The van der Waals surface area contributed by atoms with Crippen LogP contribution < -0.4 is 0 Å². The summed E-state index contributed by atoms with van der Waals surface area (Å²) in [6.07, 6.45) is -0.808. The quantitative estimate of drug-likeness (QED) is 0.606. The van der Waals surface area contributed by atoms with Crippen molar-refractivity contribution in [2.75, 3.05) is 0 Å². The van der Waals surface area contributed by atoms with Gasteiger partial charge in [-0.15, -0.1) is 0 Å². The first-order valence-corrected chi connectivity index (χ1v) is 6.87. The number of carboxylic acid groups (broad SMARTS) is 2. The molecule has 0 bridgehead atoms. The number of carbonyl (C=O) groups is 2. The monoisotopic (exact) mass is 316 g/mol. The minimum absolute atomic E-state index is 0.170. The Kier molecular flexibility index (Phi) is 4.55. The summed E-state index contributed by atoms with van der Waals surface area (Å²) < 4.78 is 0. The molecule has 2 aromatic rings. The lowest BCUT2D eigenvalue weighted by atomic mass is 9.76. The third kappa shape index (κ3) is 3.26. The van der Waals surface area contributed by atoms with Crippen molar-refractivity contribution in [1.82, 2.24) is 0 Å². The maximum atomic E-state index is 11.8. The van der Waals surface area contributed by atoms with Crippen molar-refractivity contribution in [3.8, 4) is 11.5 Å². The van der Waals surface area contributed by atoms with Gasteiger partial charge in [-0.25, -0.2) is 0 Å². The summed E-state index contributed by atoms with van der Waals surface area (Å²) in [6.45, 7) is 0. The Labute approximate surface area is 132 Å². The summed E-state index contributed by atoms with van der Waals surface area (Å²) in [6, 6.07) is 12.0. The molecule has 0 aliphatic carbocycles. The van der Waals surface area contributed by atoms with Crippen molar-refractivity contribution < 1.29 is 30.0 Å². The minimum atomic E-state index is -2.20. The smallest absolute Gasteiger partial charge is 0.321 e. The summed E-state index contributed by atoms with van der Waals surface area (Å²) >= 11 is 0. The second-order valence-corrected chi connectivity index (χ2v) is 5.30. The first-order chi connectivity index (χ1) is 10.9. The topological polar surface area (TPSA) is 115 Å². The number of aliphatic carboxylic acids is 2. The van der Waals surface area contributed by atoms with Crippen molar-refractivity contribution in [2.45, 2.75) is 12.8 Å². The van der Waals surface area contributed by atoms with Gasteiger partial charge in [-0.3, -0.25) is 9.59 Å². The molecule has 23 heavy (non-hydrogen) atoms. The van der Waals surface area contributed by atoms with Gasteiger partial charge < -0.3 is 20.4 Å². The van der Waals surface area contributed by atoms with Crippen molar-refractivity contribution in [2.24, 2.45) is 5.41 Å². The summed E-state index contributed by atoms with van der Waals surface area (Å²) in [4.78, 5) is 23.5. The molecule has 0 heterocycles. The van der Waals surface area contributed by atoms with Crippen LogP contribution in [0.1, 0.15) is 11.1 Å². The molecule has 0 unspecified atom stereocenters. The molecule has 0 aliphatic rings. The molecule has 0 aliphatic heterocycles. The Morgan fingerprint density at radius 1 is 0.739 bits per heavy atom. The predicted molar refractivity (Wildman–Crippen MR) is 81.3 cm³/mol. The van der Waals surface area contributed by atoms with E-state index >= 15 is 0 Å². The number of phenols is 2. The third-order valence-electron chi connectivity index (χ3n) is 3.79. The highest BCUT2D eigenvalue weighted by Gasteiger charge is 2.47. The summed E-state index contributed by atoms with van der Waals surface area (Å²) in [5, 5.41) is 38.8. The van der Waals surface area contributed by atoms with Crippen LogP contribution in [-0.2, 0) is 22.4 Å². The van der Waals surface area contributed by atoms with E-state index in [-0.39, 0.29) is 22.6 Å². The van der Waals surface area contributed by atoms with E-state index in [0.717, 1.165) is 0 Å². The zero-order valence-corrected chi connectivity index (χ0v) is 12.1. The average molecular weight is 316 g/mol. The van der Waals surface area contributed by atoms with Crippen LogP contribution in [0.4, 0.5) is 0 Å². The Morgan fingerprint density at radius 3 is 1.39 bits per heavy atom. The Bertz CT molecular complexity index is 674. The van der Waals surface area contributed by atoms with Crippen LogP contribution in [0.25, 0.3) is 0 Å². The Balaban J connectivity index is 2.48. The molecule has 4 N–H and O–H groups in total. The Morgan fingerprint density at radius 2 is 1.09 bits per heavy atom. The minimum Gasteiger partial charge on any atom is -0.508 e. The van der Waals surface area contributed by atoms with E-state index in [1.54, 1.807) is 24.3 Å². The predicted octanol–water partition coefficient (Wildman–Crippen LogP) is 2.04. The maximum absolute atomic E-state index is 11.8. The molecule has 0 atom stereocenters. The summed E-state index contributed by atoms with van der Waals surface area (Å²) in [7, 11) is 0. The second kappa shape index (κ2) is 6.39. The van der Waals surface area contributed by atoms with E-state index in [1.807, 2.05) is 0 Å². The molecular weight excluding hydrogens is 300 g/mol. The van der Waals surface area contributed by atoms with Gasteiger partial charge in [0.2, 0.25) is 0 Å². The normalized spacial score (nSPS) is 11.1. The molecule has 0 spiro atoms.